The Morgan fingerprint density at radius 2 is 2.33 bits per heavy atom. The van der Waals surface area contributed by atoms with Crippen molar-refractivity contribution in [3.63, 3.8) is 0 Å². The van der Waals surface area contributed by atoms with Crippen molar-refractivity contribution in [3.8, 4) is 0 Å². The molecule has 0 aromatic heterocycles. The average molecular weight is 122 g/mol. The van der Waals surface area contributed by atoms with Gasteiger partial charge in [-0.3, -0.25) is 0 Å². The molecule has 0 aliphatic rings. The maximum Gasteiger partial charge on any atom is 0.0831 e. The lowest BCUT2D eigenvalue weighted by molar-refractivity contribution is 0.398. The van der Waals surface area contributed by atoms with Crippen LogP contribution in [0.25, 0.3) is 0 Å². The minimum Gasteiger partial charge on any atom is -0.323 e. The van der Waals surface area contributed by atoms with E-state index in [9.17, 15) is 0 Å². The zero-order valence-electron chi connectivity index (χ0n) is 4.01. The summed E-state index contributed by atoms with van der Waals surface area (Å²) in [6, 6.07) is 0. The van der Waals surface area contributed by atoms with Crippen LogP contribution in [0, 0.1) is 0 Å². The number of hydrogen-bond donors (Lipinski definition) is 0. The van der Waals surface area contributed by atoms with Crippen LogP contribution in [-0.2, 0) is 4.52 Å². The third kappa shape index (κ3) is 4.56. The van der Waals surface area contributed by atoms with Crippen molar-refractivity contribution in [2.75, 3.05) is 13.3 Å². The molecule has 0 atom stereocenters. The fraction of sp³-hybridized carbons (Fsp3) is 1.00. The first-order chi connectivity index (χ1) is 2.91. The summed E-state index contributed by atoms with van der Waals surface area (Å²) < 4.78 is 4.94. The summed E-state index contributed by atoms with van der Waals surface area (Å²) in [7, 11) is 2.38. The van der Waals surface area contributed by atoms with Gasteiger partial charge in [-0.15, -0.1) is 0 Å². The van der Waals surface area contributed by atoms with Gasteiger partial charge in [-0.1, -0.05) is 0 Å². The zero-order valence-corrected chi connectivity index (χ0v) is 5.80. The van der Waals surface area contributed by atoms with Gasteiger partial charge < -0.3 is 4.52 Å². The molecule has 0 aromatic rings. The van der Waals surface area contributed by atoms with Crippen molar-refractivity contribution in [2.24, 2.45) is 0 Å². The largest absolute Gasteiger partial charge is 0.323 e. The Hall–Kier alpha value is 0.560. The van der Waals surface area contributed by atoms with Crippen LogP contribution in [0.4, 0.5) is 0 Å². The standard InChI is InChI=1S/C3H8OP2/c1-3-4-6-5-2/h3H2,1-2H3. The molecular weight excluding hydrogens is 114 g/mol. The molecule has 0 radical (unpaired) electrons. The van der Waals surface area contributed by atoms with Gasteiger partial charge in [-0.05, 0) is 21.5 Å². The molecule has 0 rings (SSSR count). The molecule has 0 amide bonds. The third-order valence-electron chi connectivity index (χ3n) is 0.268. The van der Waals surface area contributed by atoms with E-state index in [4.69, 9.17) is 4.52 Å². The van der Waals surface area contributed by atoms with E-state index in [2.05, 4.69) is 6.66 Å². The van der Waals surface area contributed by atoms with Crippen LogP contribution in [0.15, 0.2) is 0 Å². The van der Waals surface area contributed by atoms with Crippen LogP contribution in [-0.4, -0.2) is 13.3 Å². The zero-order chi connectivity index (χ0) is 4.83. The molecule has 0 heterocycles. The molecule has 0 aromatic carbocycles. The van der Waals surface area contributed by atoms with Gasteiger partial charge in [0.1, 0.15) is 0 Å². The fourth-order valence-electron chi connectivity index (χ4n) is 0.115. The highest BCUT2D eigenvalue weighted by Crippen LogP contribution is 2.10. The van der Waals surface area contributed by atoms with E-state index < -0.39 is 0 Å². The van der Waals surface area contributed by atoms with E-state index in [-0.39, 0.29) is 0 Å². The van der Waals surface area contributed by atoms with E-state index in [1.54, 1.807) is 0 Å². The van der Waals surface area contributed by atoms with Crippen LogP contribution < -0.4 is 0 Å². The molecule has 0 bridgehead atoms. The first-order valence-corrected chi connectivity index (χ1v) is 4.69. The van der Waals surface area contributed by atoms with E-state index in [1.807, 2.05) is 6.92 Å². The van der Waals surface area contributed by atoms with Gasteiger partial charge >= 0.3 is 0 Å². The van der Waals surface area contributed by atoms with E-state index in [1.165, 1.54) is 7.87 Å². The highest BCUT2D eigenvalue weighted by molar-refractivity contribution is 7.80. The van der Waals surface area contributed by atoms with Gasteiger partial charge in [0, 0.05) is 0 Å². The second kappa shape index (κ2) is 5.56. The summed E-state index contributed by atoms with van der Waals surface area (Å²) in [6.07, 6.45) is 0. The Balaban J connectivity index is 2.66. The fourth-order valence-corrected chi connectivity index (χ4v) is 1.04. The quantitative estimate of drug-likeness (QED) is 0.511. The summed E-state index contributed by atoms with van der Waals surface area (Å²) in [6.45, 7) is 4.90. The van der Waals surface area contributed by atoms with Crippen molar-refractivity contribution in [3.05, 3.63) is 0 Å². The van der Waals surface area contributed by atoms with E-state index >= 15 is 0 Å². The molecule has 36 valence electrons. The number of hydrogen-bond acceptors (Lipinski definition) is 1. The maximum atomic E-state index is 4.94. The van der Waals surface area contributed by atoms with E-state index in [0.717, 1.165) is 14.7 Å². The minimum atomic E-state index is 0.836. The van der Waals surface area contributed by atoms with Crippen LogP contribution in [0.1, 0.15) is 6.92 Å². The molecule has 1 nitrogen and oxygen atoms in total. The SMILES string of the molecule is CCOP=PC. The monoisotopic (exact) mass is 122 g/mol. The Kier molecular flexibility index (Phi) is 6.08. The summed E-state index contributed by atoms with van der Waals surface area (Å²) in [5.74, 6) is 0. The predicted molar refractivity (Wildman–Crippen MR) is 31.4 cm³/mol. The third-order valence-corrected chi connectivity index (χ3v) is 1.64. The normalized spacial score (nSPS) is 10.3. The highest BCUT2D eigenvalue weighted by Gasteiger charge is 1.63. The predicted octanol–water partition coefficient (Wildman–Crippen LogP) is 2.38. The number of rotatable bonds is 2. The van der Waals surface area contributed by atoms with Crippen LogP contribution in [0.5, 0.6) is 0 Å². The minimum absolute atomic E-state index is 0.836. The van der Waals surface area contributed by atoms with Crippen molar-refractivity contribution in [1.82, 2.24) is 0 Å². The molecule has 0 N–H and O–H groups in total. The summed E-state index contributed by atoms with van der Waals surface area (Å²) >= 11 is 0. The smallest absolute Gasteiger partial charge is 0.0831 e. The van der Waals surface area contributed by atoms with Crippen molar-refractivity contribution >= 4 is 16.0 Å². The Morgan fingerprint density at radius 1 is 1.67 bits per heavy atom. The molecule has 3 heteroatoms. The second-order valence-electron chi connectivity index (χ2n) is 0.699. The Bertz CT molecular complexity index is 44.1. The Morgan fingerprint density at radius 3 is 2.50 bits per heavy atom. The Labute approximate surface area is 41.6 Å². The van der Waals surface area contributed by atoms with Crippen molar-refractivity contribution in [2.45, 2.75) is 6.92 Å². The molecule has 0 fully saturated rings. The van der Waals surface area contributed by atoms with Crippen LogP contribution in [0.3, 0.4) is 0 Å². The lowest BCUT2D eigenvalue weighted by Gasteiger charge is -1.79. The molecular formula is C3H8OP2. The average Bonchev–Trinajstić information content (AvgIpc) is 1.61. The maximum absolute atomic E-state index is 4.94. The molecule has 0 spiro atoms. The summed E-state index contributed by atoms with van der Waals surface area (Å²) in [5, 5.41) is 0. The second-order valence-corrected chi connectivity index (χ2v) is 3.21. The highest BCUT2D eigenvalue weighted by atomic mass is 31.7. The molecule has 6 heavy (non-hydrogen) atoms. The van der Waals surface area contributed by atoms with Gasteiger partial charge in [-0.2, -0.15) is 0 Å². The first-order valence-electron chi connectivity index (χ1n) is 1.83. The lowest BCUT2D eigenvalue weighted by atomic mass is 10.9. The lowest BCUT2D eigenvalue weighted by Crippen LogP contribution is -1.65. The van der Waals surface area contributed by atoms with E-state index in [0.29, 0.717) is 0 Å². The van der Waals surface area contributed by atoms with Gasteiger partial charge in [-0.25, -0.2) is 0 Å². The van der Waals surface area contributed by atoms with Gasteiger partial charge in [0.2, 0.25) is 0 Å². The van der Waals surface area contributed by atoms with Gasteiger partial charge in [0.25, 0.3) is 0 Å². The van der Waals surface area contributed by atoms with Crippen molar-refractivity contribution in [1.29, 1.82) is 0 Å². The van der Waals surface area contributed by atoms with Crippen molar-refractivity contribution < 1.29 is 4.52 Å². The molecule has 0 unspecified atom stereocenters. The first kappa shape index (κ1) is 6.56. The van der Waals surface area contributed by atoms with Crippen LogP contribution in [0.2, 0.25) is 0 Å². The topological polar surface area (TPSA) is 9.23 Å². The molecule has 0 saturated heterocycles. The van der Waals surface area contributed by atoms with Gasteiger partial charge in [0.05, 0.1) is 14.7 Å². The summed E-state index contributed by atoms with van der Waals surface area (Å²) in [5.41, 5.74) is 0. The molecule has 0 aliphatic carbocycles. The van der Waals surface area contributed by atoms with Gasteiger partial charge in [0.15, 0.2) is 0 Å². The van der Waals surface area contributed by atoms with Crippen LogP contribution >= 0.6 is 16.0 Å². The molecule has 0 saturated carbocycles. The summed E-state index contributed by atoms with van der Waals surface area (Å²) in [4.78, 5) is 0. The molecule has 0 aliphatic heterocycles.